The van der Waals surface area contributed by atoms with Crippen molar-refractivity contribution in [2.24, 2.45) is 0 Å². The molecule has 0 aliphatic carbocycles. The summed E-state index contributed by atoms with van der Waals surface area (Å²) < 4.78 is 12.7. The fourth-order valence-corrected chi connectivity index (χ4v) is 4.03. The van der Waals surface area contributed by atoms with Crippen LogP contribution in [-0.2, 0) is 17.4 Å². The highest BCUT2D eigenvalue weighted by Crippen LogP contribution is 2.22. The molecular weight excluding hydrogens is 287 g/mol. The van der Waals surface area contributed by atoms with Crippen LogP contribution in [0.25, 0.3) is 0 Å². The number of hydrogen-bond donors (Lipinski definition) is 0. The summed E-state index contributed by atoms with van der Waals surface area (Å²) in [5.41, 5.74) is 5.13. The van der Waals surface area contributed by atoms with Crippen molar-refractivity contribution < 1.29 is 4.57 Å². The second kappa shape index (κ2) is 5.51. The highest BCUT2D eigenvalue weighted by molar-refractivity contribution is 7.61. The van der Waals surface area contributed by atoms with Crippen molar-refractivity contribution in [2.45, 2.75) is 12.8 Å². The van der Waals surface area contributed by atoms with Gasteiger partial charge in [-0.1, -0.05) is 53.1 Å². The van der Waals surface area contributed by atoms with Gasteiger partial charge in [0.05, 0.1) is 0 Å². The van der Waals surface area contributed by atoms with E-state index in [0.29, 0.717) is 0 Å². The van der Waals surface area contributed by atoms with Crippen LogP contribution < -0.4 is 10.6 Å². The summed E-state index contributed by atoms with van der Waals surface area (Å²) in [6.45, 7) is 0. The van der Waals surface area contributed by atoms with Crippen LogP contribution in [-0.4, -0.2) is 0 Å². The van der Waals surface area contributed by atoms with Crippen molar-refractivity contribution in [1.82, 2.24) is 0 Å². The monoisotopic (exact) mass is 303 g/mol. The fraction of sp³-hybridized carbons (Fsp3) is 0.100. The van der Waals surface area contributed by atoms with Gasteiger partial charge in [-0.2, -0.15) is 0 Å². The van der Waals surface area contributed by atoms with E-state index in [4.69, 9.17) is 0 Å². The van der Waals surface area contributed by atoms with Crippen LogP contribution in [0.2, 0.25) is 0 Å². The van der Waals surface area contributed by atoms with Gasteiger partial charge in [0.25, 0.3) is 0 Å². The van der Waals surface area contributed by atoms with E-state index in [1.54, 1.807) is 0 Å². The summed E-state index contributed by atoms with van der Waals surface area (Å²) in [4.78, 5) is 0. The third-order valence-corrected chi connectivity index (χ3v) is 5.72. The molecule has 106 valence electrons. The molecular formula is C20H16OP+. The third-order valence-electron chi connectivity index (χ3n) is 4.18. The largest absolute Gasteiger partial charge is 0.415 e. The Hall–Kier alpha value is -2.24. The minimum atomic E-state index is -1.50. The average molecular weight is 303 g/mol. The predicted octanol–water partition coefficient (Wildman–Crippen LogP) is 3.96. The highest BCUT2D eigenvalue weighted by atomic mass is 31.1. The standard InChI is InChI=1S/C20H16OP/c21-22-19-9-5-17(6-10-19)13-15-1-2-16(4-3-15)14-18-7-11-20(22)12-8-18/h1-12H,13-14H2/q+1. The summed E-state index contributed by atoms with van der Waals surface area (Å²) in [7, 11) is -1.50. The van der Waals surface area contributed by atoms with Crippen molar-refractivity contribution in [3.63, 3.8) is 0 Å². The Bertz CT molecular complexity index is 745. The third kappa shape index (κ3) is 2.61. The van der Waals surface area contributed by atoms with Crippen LogP contribution in [0.3, 0.4) is 0 Å². The molecule has 1 nitrogen and oxygen atoms in total. The number of benzene rings is 3. The van der Waals surface area contributed by atoms with E-state index < -0.39 is 7.80 Å². The summed E-state index contributed by atoms with van der Waals surface area (Å²) >= 11 is 0. The predicted molar refractivity (Wildman–Crippen MR) is 91.8 cm³/mol. The molecule has 4 aliphatic heterocycles. The zero-order chi connectivity index (χ0) is 14.9. The molecule has 0 saturated heterocycles. The van der Waals surface area contributed by atoms with Gasteiger partial charge < -0.3 is 0 Å². The van der Waals surface area contributed by atoms with E-state index in [2.05, 4.69) is 48.5 Å². The Balaban J connectivity index is 1.86. The van der Waals surface area contributed by atoms with E-state index in [1.807, 2.05) is 24.3 Å². The van der Waals surface area contributed by atoms with Crippen molar-refractivity contribution >= 4 is 18.4 Å². The molecule has 0 aromatic heterocycles. The van der Waals surface area contributed by atoms with Gasteiger partial charge in [-0.25, -0.2) is 0 Å². The smallest absolute Gasteiger partial charge is 0.0613 e. The minimum absolute atomic E-state index is 0.899. The SMILES string of the molecule is O=[P+]1c2ccc(cc2)Cc2ccc(cc2)Cc2ccc1cc2. The zero-order valence-electron chi connectivity index (χ0n) is 12.2. The molecule has 4 aliphatic rings. The highest BCUT2D eigenvalue weighted by Gasteiger charge is 2.23. The molecule has 0 radical (unpaired) electrons. The van der Waals surface area contributed by atoms with Crippen molar-refractivity contribution in [3.05, 3.63) is 95.1 Å². The van der Waals surface area contributed by atoms with Gasteiger partial charge in [0.2, 0.25) is 0 Å². The van der Waals surface area contributed by atoms with Crippen molar-refractivity contribution in [1.29, 1.82) is 0 Å². The molecule has 7 rings (SSSR count). The maximum Gasteiger partial charge on any atom is 0.415 e. The molecule has 22 heavy (non-hydrogen) atoms. The maximum atomic E-state index is 12.7. The number of fused-ring (bicyclic) bond motifs is 3. The number of rotatable bonds is 0. The Morgan fingerprint density at radius 3 is 1.09 bits per heavy atom. The molecule has 3 aromatic carbocycles. The first-order chi connectivity index (χ1) is 10.8. The number of hydrogen-bond acceptors (Lipinski definition) is 1. The lowest BCUT2D eigenvalue weighted by Crippen LogP contribution is -2.06. The van der Waals surface area contributed by atoms with Crippen LogP contribution in [0.1, 0.15) is 22.3 Å². The first-order valence-electron chi connectivity index (χ1n) is 7.51. The van der Waals surface area contributed by atoms with Gasteiger partial charge in [0.15, 0.2) is 10.6 Å². The molecule has 0 amide bonds. The van der Waals surface area contributed by atoms with Gasteiger partial charge in [-0.05, 0) is 59.4 Å². The lowest BCUT2D eigenvalue weighted by molar-refractivity contribution is 0.598. The van der Waals surface area contributed by atoms with Crippen molar-refractivity contribution in [2.75, 3.05) is 0 Å². The van der Waals surface area contributed by atoms with Gasteiger partial charge >= 0.3 is 7.80 Å². The van der Waals surface area contributed by atoms with E-state index in [1.165, 1.54) is 22.3 Å². The topological polar surface area (TPSA) is 17.1 Å². The second-order valence-corrected chi connectivity index (χ2v) is 7.42. The molecule has 2 heteroatoms. The summed E-state index contributed by atoms with van der Waals surface area (Å²) in [5, 5.41) is 1.80. The lowest BCUT2D eigenvalue weighted by atomic mass is 10.0. The second-order valence-electron chi connectivity index (χ2n) is 5.80. The van der Waals surface area contributed by atoms with Crippen LogP contribution in [0.4, 0.5) is 0 Å². The Kier molecular flexibility index (Phi) is 3.36. The molecule has 0 N–H and O–H groups in total. The summed E-state index contributed by atoms with van der Waals surface area (Å²) in [6, 6.07) is 25.2. The average Bonchev–Trinajstić information content (AvgIpc) is 2.58. The van der Waals surface area contributed by atoms with Crippen LogP contribution >= 0.6 is 7.80 Å². The molecule has 6 bridgehead atoms. The molecule has 3 aromatic rings. The van der Waals surface area contributed by atoms with E-state index in [9.17, 15) is 4.57 Å². The normalized spacial score (nSPS) is 13.2. The van der Waals surface area contributed by atoms with Crippen molar-refractivity contribution in [3.8, 4) is 0 Å². The fourth-order valence-electron chi connectivity index (χ4n) is 2.89. The molecule has 0 spiro atoms. The first kappa shape index (κ1) is 13.4. The van der Waals surface area contributed by atoms with E-state index in [0.717, 1.165) is 23.5 Å². The lowest BCUT2D eigenvalue weighted by Gasteiger charge is -2.04. The molecule has 0 saturated carbocycles. The van der Waals surface area contributed by atoms with E-state index in [-0.39, 0.29) is 0 Å². The zero-order valence-corrected chi connectivity index (χ0v) is 13.1. The molecule has 4 heterocycles. The van der Waals surface area contributed by atoms with E-state index >= 15 is 0 Å². The quantitative estimate of drug-likeness (QED) is 0.449. The Morgan fingerprint density at radius 1 is 0.500 bits per heavy atom. The summed E-state index contributed by atoms with van der Waals surface area (Å²) in [5.74, 6) is 0. The van der Waals surface area contributed by atoms with Crippen LogP contribution in [0.15, 0.2) is 72.8 Å². The van der Waals surface area contributed by atoms with Crippen LogP contribution in [0, 0.1) is 0 Å². The minimum Gasteiger partial charge on any atom is -0.0613 e. The molecule has 0 unspecified atom stereocenters. The van der Waals surface area contributed by atoms with Gasteiger partial charge in [0, 0.05) is 0 Å². The van der Waals surface area contributed by atoms with Crippen LogP contribution in [0.5, 0.6) is 0 Å². The van der Waals surface area contributed by atoms with Gasteiger partial charge in [0.1, 0.15) is 0 Å². The summed E-state index contributed by atoms with van der Waals surface area (Å²) in [6.07, 6.45) is 1.84. The maximum absolute atomic E-state index is 12.7. The molecule has 0 fully saturated rings. The first-order valence-corrected chi connectivity index (χ1v) is 8.77. The Labute approximate surface area is 131 Å². The van der Waals surface area contributed by atoms with Gasteiger partial charge in [-0.3, -0.25) is 0 Å². The molecule has 0 atom stereocenters. The van der Waals surface area contributed by atoms with Gasteiger partial charge in [-0.15, -0.1) is 0 Å². The Morgan fingerprint density at radius 2 is 0.773 bits per heavy atom.